The van der Waals surface area contributed by atoms with Crippen molar-refractivity contribution in [1.82, 2.24) is 14.5 Å². The van der Waals surface area contributed by atoms with E-state index in [2.05, 4.69) is 28.4 Å². The molecule has 2 heterocycles. The van der Waals surface area contributed by atoms with Crippen molar-refractivity contribution in [3.63, 3.8) is 0 Å². The predicted molar refractivity (Wildman–Crippen MR) is 67.8 cm³/mol. The van der Waals surface area contributed by atoms with Gasteiger partial charge in [0.25, 0.3) is 0 Å². The highest BCUT2D eigenvalue weighted by atomic mass is 16.3. The average molecular weight is 237 g/mol. The number of likely N-dealkylation sites (tertiary alicyclic amines) is 1. The molecule has 96 valence electrons. The number of aromatic nitrogens is 2. The minimum atomic E-state index is -0.733. The number of rotatable bonds is 3. The van der Waals surface area contributed by atoms with E-state index < -0.39 is 5.60 Å². The second kappa shape index (κ2) is 5.19. The summed E-state index contributed by atoms with van der Waals surface area (Å²) in [7, 11) is 2.12. The molecule has 0 spiro atoms. The molecule has 17 heavy (non-hydrogen) atoms. The molecule has 0 aliphatic carbocycles. The Morgan fingerprint density at radius 3 is 3.00 bits per heavy atom. The van der Waals surface area contributed by atoms with Gasteiger partial charge >= 0.3 is 0 Å². The summed E-state index contributed by atoms with van der Waals surface area (Å²) in [6.07, 6.45) is 7.48. The molecule has 2 rings (SSSR count). The van der Waals surface area contributed by atoms with Crippen LogP contribution >= 0.6 is 0 Å². The lowest BCUT2D eigenvalue weighted by Crippen LogP contribution is -2.31. The van der Waals surface area contributed by atoms with E-state index in [9.17, 15) is 5.11 Å². The van der Waals surface area contributed by atoms with Gasteiger partial charge < -0.3 is 14.6 Å². The Kier molecular flexibility index (Phi) is 3.84. The Morgan fingerprint density at radius 2 is 2.24 bits per heavy atom. The first kappa shape index (κ1) is 12.6. The Labute approximate surface area is 103 Å². The highest BCUT2D eigenvalue weighted by molar-refractivity contribution is 5.06. The normalized spacial score (nSPS) is 27.0. The van der Waals surface area contributed by atoms with Gasteiger partial charge in [-0.25, -0.2) is 4.98 Å². The lowest BCUT2D eigenvalue weighted by Gasteiger charge is -2.26. The fourth-order valence-electron chi connectivity index (χ4n) is 2.62. The lowest BCUT2D eigenvalue weighted by molar-refractivity contribution is 0.00957. The minimum Gasteiger partial charge on any atom is -0.382 e. The van der Waals surface area contributed by atoms with Gasteiger partial charge in [-0.05, 0) is 39.3 Å². The highest BCUT2D eigenvalue weighted by Gasteiger charge is 2.34. The molecule has 1 N–H and O–H groups in total. The van der Waals surface area contributed by atoms with Gasteiger partial charge in [0.1, 0.15) is 11.4 Å². The molecule has 1 aliphatic heterocycles. The molecule has 0 saturated carbocycles. The van der Waals surface area contributed by atoms with Gasteiger partial charge in [0.05, 0.1) is 0 Å². The third kappa shape index (κ3) is 2.69. The van der Waals surface area contributed by atoms with Crippen LogP contribution in [0.3, 0.4) is 0 Å². The van der Waals surface area contributed by atoms with Gasteiger partial charge in [-0.1, -0.05) is 6.92 Å². The highest BCUT2D eigenvalue weighted by Crippen LogP contribution is 2.31. The van der Waals surface area contributed by atoms with E-state index >= 15 is 0 Å². The summed E-state index contributed by atoms with van der Waals surface area (Å²) in [4.78, 5) is 6.67. The molecule has 1 atom stereocenters. The zero-order valence-electron chi connectivity index (χ0n) is 10.9. The largest absolute Gasteiger partial charge is 0.382 e. The standard InChI is InChI=1S/C13H23N3O/c1-3-8-16-11-7-14-12(16)13(17)5-4-9-15(2)10-6-13/h7,11,17H,3-6,8-10H2,1-2H3. The van der Waals surface area contributed by atoms with Crippen LogP contribution in [-0.2, 0) is 12.1 Å². The van der Waals surface area contributed by atoms with Crippen LogP contribution < -0.4 is 0 Å². The van der Waals surface area contributed by atoms with Crippen molar-refractivity contribution in [2.75, 3.05) is 20.1 Å². The topological polar surface area (TPSA) is 41.3 Å². The maximum Gasteiger partial charge on any atom is 0.140 e. The Hall–Kier alpha value is -0.870. The van der Waals surface area contributed by atoms with Crippen LogP contribution in [0.25, 0.3) is 0 Å². The molecule has 1 aliphatic rings. The van der Waals surface area contributed by atoms with Gasteiger partial charge in [-0.15, -0.1) is 0 Å². The molecule has 0 amide bonds. The van der Waals surface area contributed by atoms with E-state index in [1.807, 2.05) is 6.20 Å². The molecule has 4 heteroatoms. The monoisotopic (exact) mass is 237 g/mol. The summed E-state index contributed by atoms with van der Waals surface area (Å²) in [5, 5.41) is 10.8. The third-order valence-corrected chi connectivity index (χ3v) is 3.63. The van der Waals surface area contributed by atoms with Crippen molar-refractivity contribution >= 4 is 0 Å². The van der Waals surface area contributed by atoms with Crippen LogP contribution in [0.15, 0.2) is 12.4 Å². The van der Waals surface area contributed by atoms with Crippen LogP contribution in [-0.4, -0.2) is 39.7 Å². The number of aliphatic hydroxyl groups is 1. The average Bonchev–Trinajstić information content (AvgIpc) is 2.69. The molecule has 1 fully saturated rings. The second-order valence-electron chi connectivity index (χ2n) is 5.13. The second-order valence-corrected chi connectivity index (χ2v) is 5.13. The van der Waals surface area contributed by atoms with Gasteiger partial charge in [0.2, 0.25) is 0 Å². The Morgan fingerprint density at radius 1 is 1.41 bits per heavy atom. The molecular weight excluding hydrogens is 214 g/mol. The van der Waals surface area contributed by atoms with E-state index in [0.29, 0.717) is 0 Å². The van der Waals surface area contributed by atoms with Crippen LogP contribution in [0.4, 0.5) is 0 Å². The van der Waals surface area contributed by atoms with E-state index in [1.54, 1.807) is 6.20 Å². The van der Waals surface area contributed by atoms with Crippen molar-refractivity contribution in [2.24, 2.45) is 0 Å². The Balaban J connectivity index is 2.20. The van der Waals surface area contributed by atoms with Gasteiger partial charge in [-0.3, -0.25) is 0 Å². The van der Waals surface area contributed by atoms with Crippen LogP contribution in [0.5, 0.6) is 0 Å². The molecule has 0 radical (unpaired) electrons. The molecule has 0 bridgehead atoms. The molecule has 1 aromatic heterocycles. The maximum absolute atomic E-state index is 10.8. The van der Waals surface area contributed by atoms with Crippen molar-refractivity contribution in [3.8, 4) is 0 Å². The number of imidazole rings is 1. The van der Waals surface area contributed by atoms with Crippen molar-refractivity contribution < 1.29 is 5.11 Å². The van der Waals surface area contributed by atoms with E-state index in [4.69, 9.17) is 0 Å². The van der Waals surface area contributed by atoms with Crippen LogP contribution in [0.2, 0.25) is 0 Å². The summed E-state index contributed by atoms with van der Waals surface area (Å²) in [6.45, 7) is 5.09. The smallest absolute Gasteiger partial charge is 0.140 e. The molecule has 4 nitrogen and oxygen atoms in total. The Bertz CT molecular complexity index is 363. The predicted octanol–water partition coefficient (Wildman–Crippen LogP) is 1.60. The molecular formula is C13H23N3O. The lowest BCUT2D eigenvalue weighted by atomic mass is 9.94. The zero-order chi connectivity index (χ0) is 12.3. The quantitative estimate of drug-likeness (QED) is 0.868. The fourth-order valence-corrected chi connectivity index (χ4v) is 2.62. The number of nitrogens with zero attached hydrogens (tertiary/aromatic N) is 3. The van der Waals surface area contributed by atoms with Crippen molar-refractivity contribution in [3.05, 3.63) is 18.2 Å². The molecule has 0 aromatic carbocycles. The SMILES string of the molecule is CCCn1ccnc1C1(O)CCCN(C)CC1. The summed E-state index contributed by atoms with van der Waals surface area (Å²) in [5.41, 5.74) is -0.733. The molecule has 1 unspecified atom stereocenters. The van der Waals surface area contributed by atoms with Gasteiger partial charge in [0, 0.05) is 25.5 Å². The first-order valence-corrected chi connectivity index (χ1v) is 6.58. The fraction of sp³-hybridized carbons (Fsp3) is 0.769. The van der Waals surface area contributed by atoms with Crippen LogP contribution in [0, 0.1) is 0 Å². The summed E-state index contributed by atoms with van der Waals surface area (Å²) < 4.78 is 2.10. The number of hydrogen-bond donors (Lipinski definition) is 1. The first-order valence-electron chi connectivity index (χ1n) is 6.58. The molecule has 1 saturated heterocycles. The summed E-state index contributed by atoms with van der Waals surface area (Å²) in [5.74, 6) is 0.856. The third-order valence-electron chi connectivity index (χ3n) is 3.63. The van der Waals surface area contributed by atoms with Gasteiger partial charge in [0.15, 0.2) is 0 Å². The molecule has 1 aromatic rings. The maximum atomic E-state index is 10.8. The summed E-state index contributed by atoms with van der Waals surface area (Å²) >= 11 is 0. The zero-order valence-corrected chi connectivity index (χ0v) is 10.9. The van der Waals surface area contributed by atoms with Gasteiger partial charge in [-0.2, -0.15) is 0 Å². The number of aryl methyl sites for hydroxylation is 1. The van der Waals surface area contributed by atoms with E-state index in [-0.39, 0.29) is 0 Å². The van der Waals surface area contributed by atoms with Crippen molar-refractivity contribution in [2.45, 2.75) is 44.8 Å². The van der Waals surface area contributed by atoms with E-state index in [0.717, 1.165) is 51.1 Å². The minimum absolute atomic E-state index is 0.733. The van der Waals surface area contributed by atoms with Crippen molar-refractivity contribution in [1.29, 1.82) is 0 Å². The van der Waals surface area contributed by atoms with Crippen LogP contribution in [0.1, 0.15) is 38.4 Å². The van der Waals surface area contributed by atoms with E-state index in [1.165, 1.54) is 0 Å². The summed E-state index contributed by atoms with van der Waals surface area (Å²) in [6, 6.07) is 0. The number of hydrogen-bond acceptors (Lipinski definition) is 3. The first-order chi connectivity index (χ1) is 8.15.